The van der Waals surface area contributed by atoms with Gasteiger partial charge in [-0.3, -0.25) is 4.79 Å². The number of benzene rings is 2. The third kappa shape index (κ3) is 3.62. The zero-order valence-electron chi connectivity index (χ0n) is 13.1. The highest BCUT2D eigenvalue weighted by Crippen LogP contribution is 2.48. The normalized spacial score (nSPS) is 20.5. The molecule has 0 heterocycles. The van der Waals surface area contributed by atoms with Crippen LogP contribution in [0.25, 0.3) is 0 Å². The maximum Gasteiger partial charge on any atom is 0.224 e. The topological polar surface area (TPSA) is 49.3 Å². The summed E-state index contributed by atoms with van der Waals surface area (Å²) in [6.07, 6.45) is 1.05. The van der Waals surface area contributed by atoms with E-state index >= 15 is 0 Å². The first-order chi connectivity index (χ1) is 11.6. The van der Waals surface area contributed by atoms with Gasteiger partial charge in [-0.15, -0.1) is 0 Å². The van der Waals surface area contributed by atoms with Crippen molar-refractivity contribution >= 4 is 5.91 Å². The van der Waals surface area contributed by atoms with Gasteiger partial charge in [0.2, 0.25) is 5.91 Å². The minimum atomic E-state index is -0.888. The van der Waals surface area contributed by atoms with Gasteiger partial charge in [-0.05, 0) is 42.0 Å². The predicted octanol–water partition coefficient (Wildman–Crippen LogP) is 3.31. The molecule has 3 nitrogen and oxygen atoms in total. The molecule has 0 unspecified atom stereocenters. The highest BCUT2D eigenvalue weighted by Gasteiger charge is 2.44. The van der Waals surface area contributed by atoms with Crippen LogP contribution in [0.2, 0.25) is 0 Å². The van der Waals surface area contributed by atoms with Crippen molar-refractivity contribution in [2.75, 3.05) is 6.61 Å². The Kier molecular flexibility index (Phi) is 4.90. The Balaban J connectivity index is 1.65. The van der Waals surface area contributed by atoms with Gasteiger partial charge in [0.1, 0.15) is 0 Å². The van der Waals surface area contributed by atoms with Crippen LogP contribution in [-0.2, 0) is 4.79 Å². The van der Waals surface area contributed by atoms with Gasteiger partial charge in [0, 0.05) is 12.5 Å². The lowest BCUT2D eigenvalue weighted by Crippen LogP contribution is -2.30. The van der Waals surface area contributed by atoms with Crippen molar-refractivity contribution in [3.8, 4) is 0 Å². The van der Waals surface area contributed by atoms with Gasteiger partial charge in [0.25, 0.3) is 0 Å². The zero-order valence-corrected chi connectivity index (χ0v) is 13.1. The lowest BCUT2D eigenvalue weighted by atomic mass is 10.0. The highest BCUT2D eigenvalue weighted by molar-refractivity contribution is 5.83. The van der Waals surface area contributed by atoms with E-state index in [1.165, 1.54) is 6.07 Å². The van der Waals surface area contributed by atoms with Crippen molar-refractivity contribution in [1.29, 1.82) is 0 Å². The Hall–Kier alpha value is -2.27. The number of hydrogen-bond acceptors (Lipinski definition) is 2. The second kappa shape index (κ2) is 7.09. The van der Waals surface area contributed by atoms with Crippen LogP contribution in [0.15, 0.2) is 48.5 Å². The molecule has 0 radical (unpaired) electrons. The molecule has 1 fully saturated rings. The van der Waals surface area contributed by atoms with Crippen LogP contribution >= 0.6 is 0 Å². The fourth-order valence-electron chi connectivity index (χ4n) is 3.01. The molecular formula is C19H19F2NO2. The number of aliphatic hydroxyl groups excluding tert-OH is 1. The van der Waals surface area contributed by atoms with Crippen molar-refractivity contribution in [1.82, 2.24) is 5.32 Å². The van der Waals surface area contributed by atoms with Gasteiger partial charge >= 0.3 is 0 Å². The molecule has 0 spiro atoms. The summed E-state index contributed by atoms with van der Waals surface area (Å²) in [5.74, 6) is -2.20. The molecule has 2 aromatic rings. The summed E-state index contributed by atoms with van der Waals surface area (Å²) in [7, 11) is 0. The maximum atomic E-state index is 13.3. The minimum Gasteiger partial charge on any atom is -0.396 e. The third-order valence-corrected chi connectivity index (χ3v) is 4.44. The molecule has 126 valence electrons. The van der Waals surface area contributed by atoms with Gasteiger partial charge in [-0.2, -0.15) is 0 Å². The molecule has 2 aromatic carbocycles. The van der Waals surface area contributed by atoms with Gasteiger partial charge in [0.05, 0.1) is 6.04 Å². The van der Waals surface area contributed by atoms with Gasteiger partial charge in [0.15, 0.2) is 11.6 Å². The Labute approximate surface area is 139 Å². The van der Waals surface area contributed by atoms with E-state index in [1.807, 2.05) is 30.3 Å². The summed E-state index contributed by atoms with van der Waals surface area (Å²) in [5, 5.41) is 12.2. The van der Waals surface area contributed by atoms with Crippen LogP contribution in [0.3, 0.4) is 0 Å². The van der Waals surface area contributed by atoms with E-state index in [1.54, 1.807) is 0 Å². The van der Waals surface area contributed by atoms with Crippen molar-refractivity contribution in [2.24, 2.45) is 5.92 Å². The average Bonchev–Trinajstić information content (AvgIpc) is 3.38. The van der Waals surface area contributed by atoms with Crippen molar-refractivity contribution < 1.29 is 18.7 Å². The summed E-state index contributed by atoms with van der Waals surface area (Å²) >= 11 is 0. The summed E-state index contributed by atoms with van der Waals surface area (Å²) in [6, 6.07) is 13.0. The molecule has 3 atom stereocenters. The standard InChI is InChI=1S/C19H19F2NO2/c20-16-7-6-13(10-17(16)21)14-11-15(14)19(24)22-18(8-9-23)12-4-2-1-3-5-12/h1-7,10,14-15,18,23H,8-9,11H2,(H,22,24)/t14-,15-,18-/m1/s1. The van der Waals surface area contributed by atoms with E-state index in [9.17, 15) is 18.7 Å². The SMILES string of the molecule is O=C(N[C@H](CCO)c1ccccc1)[C@@H]1C[C@@H]1c1ccc(F)c(F)c1. The van der Waals surface area contributed by atoms with E-state index in [0.717, 1.165) is 17.7 Å². The monoisotopic (exact) mass is 331 g/mol. The number of carbonyl (C=O) groups excluding carboxylic acids is 1. The number of carbonyl (C=O) groups is 1. The maximum absolute atomic E-state index is 13.3. The number of amides is 1. The first kappa shape index (κ1) is 16.6. The van der Waals surface area contributed by atoms with E-state index < -0.39 is 11.6 Å². The third-order valence-electron chi connectivity index (χ3n) is 4.44. The Bertz CT molecular complexity index is 721. The van der Waals surface area contributed by atoms with Gasteiger partial charge < -0.3 is 10.4 Å². The quantitative estimate of drug-likeness (QED) is 0.853. The molecule has 0 saturated heterocycles. The van der Waals surface area contributed by atoms with E-state index in [4.69, 9.17) is 0 Å². The number of halogens is 2. The van der Waals surface area contributed by atoms with Crippen LogP contribution in [0.5, 0.6) is 0 Å². The molecule has 24 heavy (non-hydrogen) atoms. The molecule has 3 rings (SSSR count). The molecular weight excluding hydrogens is 312 g/mol. The molecule has 2 N–H and O–H groups in total. The van der Waals surface area contributed by atoms with E-state index in [0.29, 0.717) is 18.4 Å². The molecule has 5 heteroatoms. The second-order valence-electron chi connectivity index (χ2n) is 6.11. The Morgan fingerprint density at radius 3 is 2.58 bits per heavy atom. The lowest BCUT2D eigenvalue weighted by Gasteiger charge is -2.18. The molecule has 0 aromatic heterocycles. The minimum absolute atomic E-state index is 0.0306. The fraction of sp³-hybridized carbons (Fsp3) is 0.316. The summed E-state index contributed by atoms with van der Waals surface area (Å²) < 4.78 is 26.3. The van der Waals surface area contributed by atoms with E-state index in [-0.39, 0.29) is 30.4 Å². The summed E-state index contributed by atoms with van der Waals surface area (Å²) in [5.41, 5.74) is 1.58. The zero-order chi connectivity index (χ0) is 17.1. The molecule has 0 aliphatic heterocycles. The summed E-state index contributed by atoms with van der Waals surface area (Å²) in [6.45, 7) is -0.0306. The highest BCUT2D eigenvalue weighted by atomic mass is 19.2. The number of aliphatic hydroxyl groups is 1. The number of hydrogen-bond donors (Lipinski definition) is 2. The largest absolute Gasteiger partial charge is 0.396 e. The first-order valence-electron chi connectivity index (χ1n) is 8.01. The Morgan fingerprint density at radius 2 is 1.92 bits per heavy atom. The molecule has 1 aliphatic rings. The molecule has 1 aliphatic carbocycles. The molecule has 0 bridgehead atoms. The molecule has 1 saturated carbocycles. The second-order valence-corrected chi connectivity index (χ2v) is 6.11. The smallest absolute Gasteiger partial charge is 0.224 e. The van der Waals surface area contributed by atoms with Crippen molar-refractivity contribution in [3.63, 3.8) is 0 Å². The van der Waals surface area contributed by atoms with Crippen LogP contribution in [-0.4, -0.2) is 17.6 Å². The van der Waals surface area contributed by atoms with Crippen molar-refractivity contribution in [3.05, 3.63) is 71.3 Å². The Morgan fingerprint density at radius 1 is 1.17 bits per heavy atom. The predicted molar refractivity (Wildman–Crippen MR) is 86.2 cm³/mol. The average molecular weight is 331 g/mol. The number of nitrogens with one attached hydrogen (secondary N) is 1. The van der Waals surface area contributed by atoms with Crippen LogP contribution in [0.1, 0.15) is 35.9 Å². The molecule has 1 amide bonds. The fourth-order valence-corrected chi connectivity index (χ4v) is 3.01. The van der Waals surface area contributed by atoms with E-state index in [2.05, 4.69) is 5.32 Å². The van der Waals surface area contributed by atoms with Crippen molar-refractivity contribution in [2.45, 2.75) is 24.8 Å². The van der Waals surface area contributed by atoms with Crippen LogP contribution < -0.4 is 5.32 Å². The van der Waals surface area contributed by atoms with Crippen LogP contribution in [0, 0.1) is 17.6 Å². The number of rotatable bonds is 6. The van der Waals surface area contributed by atoms with Gasteiger partial charge in [-0.25, -0.2) is 8.78 Å². The van der Waals surface area contributed by atoms with Gasteiger partial charge in [-0.1, -0.05) is 36.4 Å². The van der Waals surface area contributed by atoms with Crippen LogP contribution in [0.4, 0.5) is 8.78 Å². The summed E-state index contributed by atoms with van der Waals surface area (Å²) in [4.78, 5) is 12.4. The first-order valence-corrected chi connectivity index (χ1v) is 8.01. The lowest BCUT2D eigenvalue weighted by molar-refractivity contribution is -0.123.